The molecule has 0 spiro atoms. The van der Waals surface area contributed by atoms with Crippen LogP contribution in [0.25, 0.3) is 0 Å². The third-order valence-electron chi connectivity index (χ3n) is 3.31. The van der Waals surface area contributed by atoms with Crippen molar-refractivity contribution in [3.05, 3.63) is 29.8 Å². The van der Waals surface area contributed by atoms with Crippen molar-refractivity contribution >= 4 is 12.1 Å². The molecule has 1 rings (SSSR count). The van der Waals surface area contributed by atoms with E-state index in [9.17, 15) is 13.6 Å². The first-order valence-corrected chi connectivity index (χ1v) is 8.95. The Balaban J connectivity index is 2.38. The van der Waals surface area contributed by atoms with Crippen LogP contribution in [0.2, 0.25) is 0 Å². The maximum Gasteiger partial charge on any atom is 0.408 e. The minimum absolute atomic E-state index is 0.0196. The van der Waals surface area contributed by atoms with E-state index >= 15 is 0 Å². The number of carbonyl (C=O) groups excluding carboxylic acids is 1. The van der Waals surface area contributed by atoms with Crippen LogP contribution >= 0.6 is 0 Å². The van der Waals surface area contributed by atoms with Gasteiger partial charge in [0, 0.05) is 19.7 Å². The van der Waals surface area contributed by atoms with Gasteiger partial charge in [0.05, 0.1) is 12.1 Å². The molecule has 1 aromatic carbocycles. The number of benzene rings is 1. The van der Waals surface area contributed by atoms with Gasteiger partial charge in [-0.15, -0.1) is 0 Å². The summed E-state index contributed by atoms with van der Waals surface area (Å²) in [5.41, 5.74) is -1.16. The normalized spacial score (nSPS) is 12.4. The lowest BCUT2D eigenvalue weighted by atomic mass is 10.1. The summed E-state index contributed by atoms with van der Waals surface area (Å²) in [4.78, 5) is 16.0. The average molecular weight is 400 g/mol. The van der Waals surface area contributed by atoms with Gasteiger partial charge in [0.25, 0.3) is 0 Å². The molecular formula is C19H30F2N4O3. The van der Waals surface area contributed by atoms with Gasteiger partial charge in [0.1, 0.15) is 18.0 Å². The molecule has 9 heteroatoms. The first-order valence-electron chi connectivity index (χ1n) is 8.95. The molecule has 158 valence electrons. The highest BCUT2D eigenvalue weighted by Gasteiger charge is 2.24. The predicted octanol–water partition coefficient (Wildman–Crippen LogP) is 2.81. The standard InChI is InChI=1S/C19H30F2N4O3/c1-18(2,3)28-17(26)25-19(4,5)12-24-16(22-6)23-9-10-27-15-8-7-13(20)11-14(15)21/h7-8,11H,9-10,12H2,1-6H3,(H,25,26)(H2,22,23,24). The zero-order chi connectivity index (χ0) is 21.4. The van der Waals surface area contributed by atoms with Gasteiger partial charge in [-0.3, -0.25) is 4.99 Å². The van der Waals surface area contributed by atoms with Crippen molar-refractivity contribution in [2.24, 2.45) is 4.99 Å². The van der Waals surface area contributed by atoms with Crippen molar-refractivity contribution in [3.8, 4) is 5.75 Å². The van der Waals surface area contributed by atoms with Crippen LogP contribution in [-0.2, 0) is 4.74 Å². The summed E-state index contributed by atoms with van der Waals surface area (Å²) < 4.78 is 36.9. The van der Waals surface area contributed by atoms with E-state index in [0.717, 1.165) is 12.1 Å². The van der Waals surface area contributed by atoms with E-state index in [-0.39, 0.29) is 12.4 Å². The molecule has 0 atom stereocenters. The highest BCUT2D eigenvalue weighted by Crippen LogP contribution is 2.17. The maximum atomic E-state index is 13.5. The molecule has 3 N–H and O–H groups in total. The van der Waals surface area contributed by atoms with Gasteiger partial charge >= 0.3 is 6.09 Å². The van der Waals surface area contributed by atoms with Gasteiger partial charge in [-0.05, 0) is 46.8 Å². The molecule has 0 aliphatic carbocycles. The number of rotatable bonds is 7. The molecule has 0 heterocycles. The molecule has 0 bridgehead atoms. The van der Waals surface area contributed by atoms with Crippen molar-refractivity contribution in [2.45, 2.75) is 45.8 Å². The Hall–Kier alpha value is -2.58. The van der Waals surface area contributed by atoms with Crippen molar-refractivity contribution in [2.75, 3.05) is 26.7 Å². The maximum absolute atomic E-state index is 13.5. The van der Waals surface area contributed by atoms with Gasteiger partial charge in [-0.2, -0.15) is 0 Å². The Morgan fingerprint density at radius 3 is 2.39 bits per heavy atom. The topological polar surface area (TPSA) is 84.0 Å². The van der Waals surface area contributed by atoms with Crippen LogP contribution in [0, 0.1) is 11.6 Å². The predicted molar refractivity (Wildman–Crippen MR) is 105 cm³/mol. The number of aliphatic imine (C=N–C) groups is 1. The number of amides is 1. The monoisotopic (exact) mass is 400 g/mol. The molecule has 7 nitrogen and oxygen atoms in total. The minimum Gasteiger partial charge on any atom is -0.489 e. The second kappa shape index (κ2) is 10.1. The fraction of sp³-hybridized carbons (Fsp3) is 0.579. The molecule has 1 amide bonds. The summed E-state index contributed by atoms with van der Waals surface area (Å²) in [6, 6.07) is 3.14. The zero-order valence-corrected chi connectivity index (χ0v) is 17.3. The molecular weight excluding hydrogens is 370 g/mol. The summed E-state index contributed by atoms with van der Waals surface area (Å²) in [5, 5.41) is 8.88. The molecule has 0 saturated heterocycles. The lowest BCUT2D eigenvalue weighted by molar-refractivity contribution is 0.0474. The van der Waals surface area contributed by atoms with Crippen LogP contribution in [0.15, 0.2) is 23.2 Å². The molecule has 1 aromatic rings. The quantitative estimate of drug-likeness (QED) is 0.372. The molecule has 0 fully saturated rings. The smallest absolute Gasteiger partial charge is 0.408 e. The molecule has 0 saturated carbocycles. The second-order valence-corrected chi connectivity index (χ2v) is 7.79. The third-order valence-corrected chi connectivity index (χ3v) is 3.31. The van der Waals surface area contributed by atoms with E-state index in [1.54, 1.807) is 27.8 Å². The summed E-state index contributed by atoms with van der Waals surface area (Å²) in [7, 11) is 1.60. The molecule has 0 aliphatic rings. The summed E-state index contributed by atoms with van der Waals surface area (Å²) in [5.74, 6) is -0.941. The number of nitrogens with zero attached hydrogens (tertiary/aromatic N) is 1. The van der Waals surface area contributed by atoms with E-state index in [4.69, 9.17) is 9.47 Å². The fourth-order valence-corrected chi connectivity index (χ4v) is 2.07. The SMILES string of the molecule is CN=C(NCCOc1ccc(F)cc1F)NCC(C)(C)NC(=O)OC(C)(C)C. The zero-order valence-electron chi connectivity index (χ0n) is 17.3. The average Bonchev–Trinajstić information content (AvgIpc) is 2.53. The van der Waals surface area contributed by atoms with Gasteiger partial charge in [-0.1, -0.05) is 0 Å². The van der Waals surface area contributed by atoms with Crippen LogP contribution in [0.4, 0.5) is 13.6 Å². The number of nitrogens with one attached hydrogen (secondary N) is 3. The first-order chi connectivity index (χ1) is 12.9. The van der Waals surface area contributed by atoms with Gasteiger partial charge in [-0.25, -0.2) is 13.6 Å². The van der Waals surface area contributed by atoms with Crippen molar-refractivity contribution in [3.63, 3.8) is 0 Å². The molecule has 0 unspecified atom stereocenters. The number of carbonyl (C=O) groups is 1. The van der Waals surface area contributed by atoms with E-state index < -0.39 is 28.9 Å². The highest BCUT2D eigenvalue weighted by atomic mass is 19.1. The van der Waals surface area contributed by atoms with Crippen LogP contribution < -0.4 is 20.7 Å². The Kier molecular flexibility index (Phi) is 8.46. The molecule has 0 radical (unpaired) electrons. The number of alkyl carbamates (subject to hydrolysis) is 1. The fourth-order valence-electron chi connectivity index (χ4n) is 2.07. The number of halogens is 2. The molecule has 0 aromatic heterocycles. The summed E-state index contributed by atoms with van der Waals surface area (Å²) >= 11 is 0. The second-order valence-electron chi connectivity index (χ2n) is 7.79. The van der Waals surface area contributed by atoms with E-state index in [0.29, 0.717) is 19.0 Å². The minimum atomic E-state index is -0.752. The van der Waals surface area contributed by atoms with Crippen molar-refractivity contribution < 1.29 is 23.0 Å². The Morgan fingerprint density at radius 2 is 1.82 bits per heavy atom. The number of ether oxygens (including phenoxy) is 2. The van der Waals surface area contributed by atoms with Crippen LogP contribution in [-0.4, -0.2) is 49.9 Å². The Bertz CT molecular complexity index is 688. The van der Waals surface area contributed by atoms with Crippen LogP contribution in [0.1, 0.15) is 34.6 Å². The van der Waals surface area contributed by atoms with Crippen LogP contribution in [0.5, 0.6) is 5.75 Å². The summed E-state index contributed by atoms with van der Waals surface area (Å²) in [6.45, 7) is 9.96. The Labute approximate surface area is 164 Å². The van der Waals surface area contributed by atoms with Gasteiger partial charge in [0.2, 0.25) is 0 Å². The van der Waals surface area contributed by atoms with Gasteiger partial charge < -0.3 is 25.4 Å². The largest absolute Gasteiger partial charge is 0.489 e. The van der Waals surface area contributed by atoms with E-state index in [2.05, 4.69) is 20.9 Å². The lowest BCUT2D eigenvalue weighted by Gasteiger charge is -2.29. The number of hydrogen-bond donors (Lipinski definition) is 3. The third kappa shape index (κ3) is 9.38. The van der Waals surface area contributed by atoms with Gasteiger partial charge in [0.15, 0.2) is 17.5 Å². The number of hydrogen-bond acceptors (Lipinski definition) is 4. The number of guanidine groups is 1. The first kappa shape index (κ1) is 23.5. The highest BCUT2D eigenvalue weighted by molar-refractivity contribution is 5.79. The van der Waals surface area contributed by atoms with Crippen molar-refractivity contribution in [1.82, 2.24) is 16.0 Å². The Morgan fingerprint density at radius 1 is 1.14 bits per heavy atom. The molecule has 28 heavy (non-hydrogen) atoms. The molecule has 0 aliphatic heterocycles. The van der Waals surface area contributed by atoms with Crippen LogP contribution in [0.3, 0.4) is 0 Å². The van der Waals surface area contributed by atoms with Crippen molar-refractivity contribution in [1.29, 1.82) is 0 Å². The van der Waals surface area contributed by atoms with E-state index in [1.807, 2.05) is 13.8 Å². The lowest BCUT2D eigenvalue weighted by Crippen LogP contribution is -2.54. The van der Waals surface area contributed by atoms with E-state index in [1.165, 1.54) is 6.07 Å². The summed E-state index contributed by atoms with van der Waals surface area (Å²) in [6.07, 6.45) is -0.503.